The molecule has 0 radical (unpaired) electrons. The van der Waals surface area contributed by atoms with Crippen LogP contribution < -0.4 is 9.80 Å². The zero-order chi connectivity index (χ0) is 49.3. The zero-order valence-electron chi connectivity index (χ0n) is 41.0. The van der Waals surface area contributed by atoms with Gasteiger partial charge in [0.2, 0.25) is 0 Å². The Bertz CT molecular complexity index is 4200. The third-order valence-corrected chi connectivity index (χ3v) is 17.3. The molecule has 74 heavy (non-hydrogen) atoms. The van der Waals surface area contributed by atoms with Gasteiger partial charge in [-0.15, -0.1) is 22.7 Å². The first kappa shape index (κ1) is 43.9. The average molecular weight is 981 g/mol. The van der Waals surface area contributed by atoms with E-state index in [1.54, 1.807) is 0 Å². The van der Waals surface area contributed by atoms with E-state index in [9.17, 15) is 0 Å². The zero-order valence-corrected chi connectivity index (χ0v) is 42.6. The maximum atomic E-state index is 2.50. The van der Waals surface area contributed by atoms with Crippen LogP contribution in [0.15, 0.2) is 255 Å². The average Bonchev–Trinajstić information content (AvgIpc) is 4.04. The van der Waals surface area contributed by atoms with Gasteiger partial charge in [-0.1, -0.05) is 194 Å². The Labute approximate surface area is 438 Å². The van der Waals surface area contributed by atoms with Crippen LogP contribution in [0.4, 0.5) is 34.1 Å². The lowest BCUT2D eigenvalue weighted by atomic mass is 9.96. The van der Waals surface area contributed by atoms with E-state index in [0.29, 0.717) is 0 Å². The second-order valence-corrected chi connectivity index (χ2v) is 21.4. The molecule has 4 heteroatoms. The number of aryl methyl sites for hydroxylation is 2. The molecule has 0 aliphatic carbocycles. The van der Waals surface area contributed by atoms with E-state index in [1.807, 2.05) is 22.7 Å². The van der Waals surface area contributed by atoms with Gasteiger partial charge in [-0.2, -0.15) is 0 Å². The third kappa shape index (κ3) is 7.29. The Morgan fingerprint density at radius 3 is 1.05 bits per heavy atom. The Hall–Kier alpha value is -8.80. The second-order valence-electron chi connectivity index (χ2n) is 19.3. The van der Waals surface area contributed by atoms with Crippen LogP contribution >= 0.6 is 22.7 Å². The summed E-state index contributed by atoms with van der Waals surface area (Å²) in [4.78, 5) is 4.99. The number of hydrogen-bond donors (Lipinski definition) is 0. The maximum absolute atomic E-state index is 2.50. The molecule has 12 aromatic carbocycles. The van der Waals surface area contributed by atoms with Crippen LogP contribution in [0.1, 0.15) is 11.1 Å². The van der Waals surface area contributed by atoms with Crippen molar-refractivity contribution in [3.05, 3.63) is 266 Å². The lowest BCUT2D eigenvalue weighted by Gasteiger charge is -2.31. The number of anilines is 6. The van der Waals surface area contributed by atoms with Crippen molar-refractivity contribution in [2.24, 2.45) is 0 Å². The van der Waals surface area contributed by atoms with E-state index >= 15 is 0 Å². The molecule has 2 nitrogen and oxygen atoms in total. The summed E-state index contributed by atoms with van der Waals surface area (Å²) < 4.78 is 5.22. The summed E-state index contributed by atoms with van der Waals surface area (Å²) in [5.74, 6) is 0. The molecule has 0 aliphatic heterocycles. The molecular formula is C70H48N2S2. The molecule has 0 bridgehead atoms. The molecule has 0 atom stereocenters. The number of thiophene rings is 2. The van der Waals surface area contributed by atoms with E-state index < -0.39 is 0 Å². The standard InChI is InChI=1S/C70H48N2S2/c1-45-43-49(39-41-61(45)71(63-35-15-21-47-19-3-5-23-51(47)63)65-33-11-7-25-53(65)57-29-17-31-59-55-27-9-13-37-67(55)73-69(57)59)50-40-42-62(46(2)44-50)72(64-36-16-22-48-20-4-6-24-52(48)64)66-34-12-8-26-54(66)58-30-18-32-60-56-28-10-14-38-68(56)74-70(58)60/h3-44H,1-2H3. The van der Waals surface area contributed by atoms with Crippen LogP contribution in [0.3, 0.4) is 0 Å². The monoisotopic (exact) mass is 980 g/mol. The summed E-state index contributed by atoms with van der Waals surface area (Å²) >= 11 is 3.76. The summed E-state index contributed by atoms with van der Waals surface area (Å²) in [6.07, 6.45) is 0. The minimum Gasteiger partial charge on any atom is -0.309 e. The number of benzene rings is 12. The summed E-state index contributed by atoms with van der Waals surface area (Å²) in [6.45, 7) is 4.54. The molecule has 14 rings (SSSR count). The fraction of sp³-hybridized carbons (Fsp3) is 0.0286. The minimum atomic E-state index is 1.14. The van der Waals surface area contributed by atoms with Gasteiger partial charge in [-0.05, 0) is 108 Å². The smallest absolute Gasteiger partial charge is 0.0540 e. The molecule has 14 aromatic rings. The highest BCUT2D eigenvalue weighted by Crippen LogP contribution is 2.51. The molecule has 0 fully saturated rings. The fourth-order valence-corrected chi connectivity index (χ4v) is 13.9. The van der Waals surface area contributed by atoms with Gasteiger partial charge in [0.05, 0.1) is 22.7 Å². The lowest BCUT2D eigenvalue weighted by molar-refractivity contribution is 1.26. The fourth-order valence-electron chi connectivity index (χ4n) is 11.5. The highest BCUT2D eigenvalue weighted by Gasteiger charge is 2.25. The minimum absolute atomic E-state index is 1.14. The van der Waals surface area contributed by atoms with Crippen molar-refractivity contribution in [3.8, 4) is 33.4 Å². The highest BCUT2D eigenvalue weighted by molar-refractivity contribution is 7.26. The van der Waals surface area contributed by atoms with Crippen LogP contribution in [0.2, 0.25) is 0 Å². The predicted molar refractivity (Wildman–Crippen MR) is 322 cm³/mol. The molecule has 0 spiro atoms. The molecule has 2 aromatic heterocycles. The molecular weight excluding hydrogens is 933 g/mol. The number of fused-ring (bicyclic) bond motifs is 8. The Morgan fingerprint density at radius 2 is 0.595 bits per heavy atom. The molecule has 0 saturated heterocycles. The van der Waals surface area contributed by atoms with Crippen molar-refractivity contribution < 1.29 is 0 Å². The highest BCUT2D eigenvalue weighted by atomic mass is 32.1. The Morgan fingerprint density at radius 1 is 0.257 bits per heavy atom. The molecule has 0 saturated carbocycles. The number of para-hydroxylation sites is 2. The first-order chi connectivity index (χ1) is 36.6. The van der Waals surface area contributed by atoms with Gasteiger partial charge < -0.3 is 9.80 Å². The quantitative estimate of drug-likeness (QED) is 0.142. The Balaban J connectivity index is 0.907. The molecule has 0 amide bonds. The van der Waals surface area contributed by atoms with Crippen molar-refractivity contribution in [1.29, 1.82) is 0 Å². The summed E-state index contributed by atoms with van der Waals surface area (Å²) in [5, 5.41) is 10.0. The van der Waals surface area contributed by atoms with Crippen molar-refractivity contribution in [2.45, 2.75) is 13.8 Å². The normalized spacial score (nSPS) is 11.6. The van der Waals surface area contributed by atoms with Gasteiger partial charge in [-0.3, -0.25) is 0 Å². The first-order valence-corrected chi connectivity index (χ1v) is 27.0. The first-order valence-electron chi connectivity index (χ1n) is 25.3. The van der Waals surface area contributed by atoms with Gasteiger partial charge in [-0.25, -0.2) is 0 Å². The van der Waals surface area contributed by atoms with Crippen molar-refractivity contribution in [3.63, 3.8) is 0 Å². The summed E-state index contributed by atoms with van der Waals surface area (Å²) in [7, 11) is 0. The number of nitrogens with zero attached hydrogens (tertiary/aromatic N) is 2. The largest absolute Gasteiger partial charge is 0.309 e. The van der Waals surface area contributed by atoms with Crippen LogP contribution in [0.5, 0.6) is 0 Å². The van der Waals surface area contributed by atoms with Gasteiger partial charge in [0, 0.05) is 84.7 Å². The molecule has 0 unspecified atom stereocenters. The van der Waals surface area contributed by atoms with E-state index in [4.69, 9.17) is 0 Å². The number of hydrogen-bond acceptors (Lipinski definition) is 4. The van der Waals surface area contributed by atoms with Crippen LogP contribution in [-0.2, 0) is 0 Å². The molecule has 0 N–H and O–H groups in total. The van der Waals surface area contributed by atoms with Gasteiger partial charge in [0.15, 0.2) is 0 Å². The maximum Gasteiger partial charge on any atom is 0.0540 e. The Kier molecular flexibility index (Phi) is 10.7. The third-order valence-electron chi connectivity index (χ3n) is 14.9. The lowest BCUT2D eigenvalue weighted by Crippen LogP contribution is -2.13. The number of rotatable bonds is 9. The van der Waals surface area contributed by atoms with Gasteiger partial charge in [0.1, 0.15) is 0 Å². The topological polar surface area (TPSA) is 6.48 Å². The van der Waals surface area contributed by atoms with Crippen molar-refractivity contribution in [2.75, 3.05) is 9.80 Å². The van der Waals surface area contributed by atoms with Gasteiger partial charge in [0.25, 0.3) is 0 Å². The van der Waals surface area contributed by atoms with Crippen molar-refractivity contribution in [1.82, 2.24) is 0 Å². The summed E-state index contributed by atoms with van der Waals surface area (Å²) in [5.41, 5.74) is 16.5. The molecule has 350 valence electrons. The molecule has 0 aliphatic rings. The van der Waals surface area contributed by atoms with Crippen molar-refractivity contribution >= 4 is 119 Å². The second kappa shape index (κ2) is 18.0. The van der Waals surface area contributed by atoms with Crippen LogP contribution in [0, 0.1) is 13.8 Å². The van der Waals surface area contributed by atoms with E-state index in [0.717, 1.165) is 34.1 Å². The SMILES string of the molecule is Cc1cc(-c2ccc(N(c3ccccc3-c3cccc4c3sc3ccccc34)c3cccc4ccccc34)c(C)c2)ccc1N(c1ccccc1-c1cccc2c1sc1ccccc12)c1cccc2ccccc12. The van der Waals surface area contributed by atoms with Gasteiger partial charge >= 0.3 is 0 Å². The van der Waals surface area contributed by atoms with E-state index in [-0.39, 0.29) is 0 Å². The molecule has 2 heterocycles. The summed E-state index contributed by atoms with van der Waals surface area (Å²) in [6, 6.07) is 94.0. The van der Waals surface area contributed by atoms with E-state index in [2.05, 4.69) is 278 Å². The van der Waals surface area contributed by atoms with Crippen LogP contribution in [-0.4, -0.2) is 0 Å². The predicted octanol–water partition coefficient (Wildman–Crippen LogP) is 21.3. The van der Waals surface area contributed by atoms with E-state index in [1.165, 1.54) is 106 Å². The van der Waals surface area contributed by atoms with Crippen LogP contribution in [0.25, 0.3) is 95.3 Å².